The number of nitrogens with one attached hydrogen (secondary N) is 1. The Kier molecular flexibility index (Phi) is 9.47. The molecule has 224 valence electrons. The van der Waals surface area contributed by atoms with Crippen LogP contribution < -0.4 is 14.8 Å². The molecule has 3 aromatic rings. The number of carbonyl (C=O) groups excluding carboxylic acids is 2. The Hall–Kier alpha value is -3.85. The minimum absolute atomic E-state index is 0.160. The highest BCUT2D eigenvalue weighted by molar-refractivity contribution is 5.92. The van der Waals surface area contributed by atoms with Gasteiger partial charge in [-0.15, -0.1) is 0 Å². The number of amides is 2. The van der Waals surface area contributed by atoms with Crippen LogP contribution in [0.15, 0.2) is 48.5 Å². The molecule has 9 heteroatoms. The molecule has 2 fully saturated rings. The summed E-state index contributed by atoms with van der Waals surface area (Å²) in [6, 6.07) is 16.1. The normalized spacial score (nSPS) is 15.6. The highest BCUT2D eigenvalue weighted by Gasteiger charge is 2.28. The lowest BCUT2D eigenvalue weighted by molar-refractivity contribution is -0.133. The molecule has 5 rings (SSSR count). The lowest BCUT2D eigenvalue weighted by Crippen LogP contribution is -2.48. The van der Waals surface area contributed by atoms with Gasteiger partial charge >= 0.3 is 0 Å². The summed E-state index contributed by atoms with van der Waals surface area (Å²) < 4.78 is 13.5. The summed E-state index contributed by atoms with van der Waals surface area (Å²) in [5.41, 5.74) is 4.71. The molecule has 2 amide bonds. The predicted octanol–water partition coefficient (Wildman–Crippen LogP) is 4.51. The van der Waals surface area contributed by atoms with Crippen molar-refractivity contribution in [2.24, 2.45) is 13.0 Å². The number of hydrogen-bond donors (Lipinski definition) is 1. The molecule has 1 saturated carbocycles. The molecule has 0 spiro atoms. The van der Waals surface area contributed by atoms with E-state index in [1.807, 2.05) is 29.2 Å². The molecule has 42 heavy (non-hydrogen) atoms. The Balaban J connectivity index is 1.11. The van der Waals surface area contributed by atoms with Gasteiger partial charge in [-0.2, -0.15) is 5.10 Å². The van der Waals surface area contributed by atoms with Gasteiger partial charge in [-0.1, -0.05) is 50.2 Å². The van der Waals surface area contributed by atoms with Gasteiger partial charge in [0.15, 0.2) is 11.5 Å². The minimum atomic E-state index is -0.160. The molecule has 1 aromatic heterocycles. The molecule has 9 nitrogen and oxygen atoms in total. The van der Waals surface area contributed by atoms with Crippen LogP contribution >= 0.6 is 0 Å². The Morgan fingerprint density at radius 2 is 1.74 bits per heavy atom. The standard InChI is InChI=1S/C33H43N5O4/c1-23(2)18-31(39)38-16-14-37(15-17-38)21-24-8-10-25(11-9-24)22-42-30-7-5-6-27(32(30)41-4)20-34-33(40)29-19-28(26-12-13-26)35-36(29)3/h5-11,19,23,26H,12-18,20-22H2,1-4H3,(H,34,40). The van der Waals surface area contributed by atoms with E-state index >= 15 is 0 Å². The third kappa shape index (κ3) is 7.50. The molecule has 0 radical (unpaired) electrons. The average Bonchev–Trinajstić information content (AvgIpc) is 3.76. The van der Waals surface area contributed by atoms with E-state index in [0.29, 0.717) is 48.6 Å². The van der Waals surface area contributed by atoms with Gasteiger partial charge in [0.1, 0.15) is 12.3 Å². The van der Waals surface area contributed by atoms with Crippen LogP contribution in [0.25, 0.3) is 0 Å². The van der Waals surface area contributed by atoms with Crippen LogP contribution in [0.5, 0.6) is 11.5 Å². The molecule has 0 unspecified atom stereocenters. The number of ether oxygens (including phenoxy) is 2. The van der Waals surface area contributed by atoms with Gasteiger partial charge in [-0.3, -0.25) is 19.2 Å². The number of carbonyl (C=O) groups is 2. The first-order valence-electron chi connectivity index (χ1n) is 15.0. The summed E-state index contributed by atoms with van der Waals surface area (Å²) in [5.74, 6) is 2.25. The Bertz CT molecular complexity index is 1370. The zero-order valence-electron chi connectivity index (χ0n) is 25.3. The fourth-order valence-electron chi connectivity index (χ4n) is 5.39. The van der Waals surface area contributed by atoms with Gasteiger partial charge in [0, 0.05) is 64.2 Å². The second-order valence-corrected chi connectivity index (χ2v) is 11.8. The monoisotopic (exact) mass is 573 g/mol. The van der Waals surface area contributed by atoms with Gasteiger partial charge in [0.25, 0.3) is 5.91 Å². The van der Waals surface area contributed by atoms with Gasteiger partial charge in [0.05, 0.1) is 12.8 Å². The minimum Gasteiger partial charge on any atom is -0.493 e. The third-order valence-corrected chi connectivity index (χ3v) is 7.96. The number of hydrogen-bond acceptors (Lipinski definition) is 6. The Labute approximate surface area is 248 Å². The topological polar surface area (TPSA) is 88.9 Å². The Morgan fingerprint density at radius 1 is 1.02 bits per heavy atom. The largest absolute Gasteiger partial charge is 0.493 e. The van der Waals surface area contributed by atoms with Crippen LogP contribution in [0.1, 0.15) is 71.9 Å². The fourth-order valence-corrected chi connectivity index (χ4v) is 5.39. The first kappa shape index (κ1) is 29.6. The third-order valence-electron chi connectivity index (χ3n) is 7.96. The lowest BCUT2D eigenvalue weighted by Gasteiger charge is -2.35. The van der Waals surface area contributed by atoms with Crippen molar-refractivity contribution in [3.8, 4) is 11.5 Å². The van der Waals surface area contributed by atoms with E-state index in [4.69, 9.17) is 9.47 Å². The molecule has 1 N–H and O–H groups in total. The number of aromatic nitrogens is 2. The number of aryl methyl sites for hydroxylation is 1. The van der Waals surface area contributed by atoms with Crippen molar-refractivity contribution >= 4 is 11.8 Å². The molecular weight excluding hydrogens is 530 g/mol. The number of methoxy groups -OCH3 is 1. The SMILES string of the molecule is COc1c(CNC(=O)c2cc(C3CC3)nn2C)cccc1OCc1ccc(CN2CCN(C(=O)CC(C)C)CC2)cc1. The molecular formula is C33H43N5O4. The molecule has 2 heterocycles. The summed E-state index contributed by atoms with van der Waals surface area (Å²) in [4.78, 5) is 29.6. The van der Waals surface area contributed by atoms with Crippen LogP contribution in [-0.2, 0) is 31.5 Å². The van der Waals surface area contributed by atoms with Crippen molar-refractivity contribution in [3.05, 3.63) is 76.6 Å². The average molecular weight is 574 g/mol. The first-order valence-corrected chi connectivity index (χ1v) is 15.0. The van der Waals surface area contributed by atoms with E-state index in [1.165, 1.54) is 5.56 Å². The van der Waals surface area contributed by atoms with E-state index in [1.54, 1.807) is 18.8 Å². The van der Waals surface area contributed by atoms with Crippen LogP contribution in [0, 0.1) is 5.92 Å². The molecule has 2 aromatic carbocycles. The molecule has 1 saturated heterocycles. The molecule has 1 aliphatic heterocycles. The second kappa shape index (κ2) is 13.4. The van der Waals surface area contributed by atoms with E-state index < -0.39 is 0 Å². The van der Waals surface area contributed by atoms with Crippen LogP contribution in [0.3, 0.4) is 0 Å². The molecule has 0 bridgehead atoms. The van der Waals surface area contributed by atoms with E-state index in [0.717, 1.165) is 62.4 Å². The predicted molar refractivity (Wildman–Crippen MR) is 161 cm³/mol. The van der Waals surface area contributed by atoms with Crippen LogP contribution in [-0.4, -0.2) is 64.7 Å². The first-order chi connectivity index (χ1) is 20.3. The summed E-state index contributed by atoms with van der Waals surface area (Å²) in [6.45, 7) is 9.17. The molecule has 1 aliphatic carbocycles. The maximum Gasteiger partial charge on any atom is 0.269 e. The van der Waals surface area contributed by atoms with Gasteiger partial charge in [-0.25, -0.2) is 0 Å². The summed E-state index contributed by atoms with van der Waals surface area (Å²) >= 11 is 0. The van der Waals surface area contributed by atoms with Crippen molar-refractivity contribution < 1.29 is 19.1 Å². The zero-order chi connectivity index (χ0) is 29.6. The fraction of sp³-hybridized carbons (Fsp3) is 0.485. The highest BCUT2D eigenvalue weighted by atomic mass is 16.5. The number of benzene rings is 2. The number of piperazine rings is 1. The summed E-state index contributed by atoms with van der Waals surface area (Å²) in [7, 11) is 3.42. The number of para-hydroxylation sites is 1. The van der Waals surface area contributed by atoms with E-state index in [9.17, 15) is 9.59 Å². The maximum absolute atomic E-state index is 12.9. The van der Waals surface area contributed by atoms with Crippen molar-refractivity contribution in [2.75, 3.05) is 33.3 Å². The quantitative estimate of drug-likeness (QED) is 0.343. The number of rotatable bonds is 12. The maximum atomic E-state index is 12.9. The van der Waals surface area contributed by atoms with Crippen LogP contribution in [0.4, 0.5) is 0 Å². The highest BCUT2D eigenvalue weighted by Crippen LogP contribution is 2.39. The Morgan fingerprint density at radius 3 is 2.40 bits per heavy atom. The number of nitrogens with zero attached hydrogens (tertiary/aromatic N) is 4. The van der Waals surface area contributed by atoms with Gasteiger partial charge in [-0.05, 0) is 42.0 Å². The zero-order valence-corrected chi connectivity index (χ0v) is 25.3. The van der Waals surface area contributed by atoms with E-state index in [2.05, 4.69) is 53.4 Å². The van der Waals surface area contributed by atoms with Crippen molar-refractivity contribution in [2.45, 2.75) is 58.7 Å². The van der Waals surface area contributed by atoms with E-state index in [-0.39, 0.29) is 11.8 Å². The molecule has 0 atom stereocenters. The van der Waals surface area contributed by atoms with Crippen molar-refractivity contribution in [1.82, 2.24) is 24.9 Å². The summed E-state index contributed by atoms with van der Waals surface area (Å²) in [6.07, 6.45) is 2.92. The van der Waals surface area contributed by atoms with Gasteiger partial charge < -0.3 is 19.7 Å². The smallest absolute Gasteiger partial charge is 0.269 e. The second-order valence-electron chi connectivity index (χ2n) is 11.8. The molecule has 2 aliphatic rings. The van der Waals surface area contributed by atoms with Gasteiger partial charge in [0.2, 0.25) is 5.91 Å². The lowest BCUT2D eigenvalue weighted by atomic mass is 10.1. The van der Waals surface area contributed by atoms with Crippen molar-refractivity contribution in [3.63, 3.8) is 0 Å². The summed E-state index contributed by atoms with van der Waals surface area (Å²) in [5, 5.41) is 7.50. The van der Waals surface area contributed by atoms with Crippen molar-refractivity contribution in [1.29, 1.82) is 0 Å². The van der Waals surface area contributed by atoms with Crippen LogP contribution in [0.2, 0.25) is 0 Å².